The maximum absolute atomic E-state index is 12.7. The van der Waals surface area contributed by atoms with Crippen LogP contribution in [-0.4, -0.2) is 76.0 Å². The normalized spacial score (nSPS) is 31.5. The summed E-state index contributed by atoms with van der Waals surface area (Å²) in [4.78, 5) is 31.9. The summed E-state index contributed by atoms with van der Waals surface area (Å²) in [6.45, 7) is 2.88. The van der Waals surface area contributed by atoms with Crippen molar-refractivity contribution in [1.29, 1.82) is 0 Å². The van der Waals surface area contributed by atoms with Crippen molar-refractivity contribution in [2.24, 2.45) is 0 Å². The van der Waals surface area contributed by atoms with Crippen LogP contribution in [0.5, 0.6) is 0 Å². The number of fused-ring (bicyclic) bond motifs is 2. The molecule has 3 saturated heterocycles. The first-order chi connectivity index (χ1) is 11.0. The van der Waals surface area contributed by atoms with Crippen LogP contribution >= 0.6 is 22.9 Å². The zero-order chi connectivity index (χ0) is 16.1. The van der Waals surface area contributed by atoms with E-state index in [0.717, 1.165) is 22.3 Å². The molecule has 1 N–H and O–H groups in total. The number of halogens is 1. The van der Waals surface area contributed by atoms with Crippen LogP contribution < -0.4 is 0 Å². The van der Waals surface area contributed by atoms with Gasteiger partial charge in [0.25, 0.3) is 0 Å². The number of amides is 2. The molecule has 0 spiro atoms. The molecule has 1 aromatic heterocycles. The van der Waals surface area contributed by atoms with Crippen LogP contribution in [0.3, 0.4) is 0 Å². The molecule has 3 fully saturated rings. The molecule has 0 aliphatic carbocycles. The molecule has 3 aliphatic rings. The van der Waals surface area contributed by atoms with Gasteiger partial charge < -0.3 is 14.9 Å². The molecule has 2 amide bonds. The maximum atomic E-state index is 12.7. The van der Waals surface area contributed by atoms with Gasteiger partial charge in [-0.15, -0.1) is 11.3 Å². The standard InChI is InChI=1S/C15H18ClN3O3S/c16-13-2-1-10(23-13)7-17-3-4-18-12(8-17)15(22)19-6-9(20)5-11(19)14(18)21/h1-2,9,11-12,20H,3-8H2/t9-,11+,12-/m1/s1. The summed E-state index contributed by atoms with van der Waals surface area (Å²) in [6, 6.07) is 2.99. The monoisotopic (exact) mass is 355 g/mol. The van der Waals surface area contributed by atoms with Gasteiger partial charge in [0.2, 0.25) is 11.8 Å². The molecule has 0 aromatic carbocycles. The second kappa shape index (κ2) is 5.73. The molecule has 0 unspecified atom stereocenters. The summed E-state index contributed by atoms with van der Waals surface area (Å²) in [5, 5.41) is 9.79. The number of piperazine rings is 2. The molecule has 0 radical (unpaired) electrons. The van der Waals surface area contributed by atoms with Gasteiger partial charge in [0.1, 0.15) is 12.1 Å². The smallest absolute Gasteiger partial charge is 0.247 e. The highest BCUT2D eigenvalue weighted by Crippen LogP contribution is 2.30. The highest BCUT2D eigenvalue weighted by molar-refractivity contribution is 7.16. The van der Waals surface area contributed by atoms with Crippen LogP contribution in [0.1, 0.15) is 11.3 Å². The van der Waals surface area contributed by atoms with Gasteiger partial charge in [0.15, 0.2) is 0 Å². The first-order valence-electron chi connectivity index (χ1n) is 7.78. The summed E-state index contributed by atoms with van der Waals surface area (Å²) >= 11 is 7.51. The van der Waals surface area contributed by atoms with Gasteiger partial charge in [-0.2, -0.15) is 0 Å². The Balaban J connectivity index is 1.50. The van der Waals surface area contributed by atoms with Crippen LogP contribution in [0.4, 0.5) is 0 Å². The van der Waals surface area contributed by atoms with Gasteiger partial charge in [0, 0.05) is 44.0 Å². The summed E-state index contributed by atoms with van der Waals surface area (Å²) in [5.74, 6) is -0.0370. The van der Waals surface area contributed by atoms with E-state index in [1.807, 2.05) is 12.1 Å². The van der Waals surface area contributed by atoms with Crippen molar-refractivity contribution in [3.05, 3.63) is 21.3 Å². The van der Waals surface area contributed by atoms with Crippen LogP contribution in [0.15, 0.2) is 12.1 Å². The highest BCUT2D eigenvalue weighted by atomic mass is 35.5. The van der Waals surface area contributed by atoms with Gasteiger partial charge in [-0.25, -0.2) is 0 Å². The van der Waals surface area contributed by atoms with E-state index in [0.29, 0.717) is 19.5 Å². The largest absolute Gasteiger partial charge is 0.391 e. The Bertz CT molecular complexity index is 652. The summed E-state index contributed by atoms with van der Waals surface area (Å²) < 4.78 is 0.761. The Kier molecular flexibility index (Phi) is 3.84. The number of carbonyl (C=O) groups excluding carboxylic acids is 2. The lowest BCUT2D eigenvalue weighted by atomic mass is 10.0. The molecule has 124 valence electrons. The van der Waals surface area contributed by atoms with Crippen molar-refractivity contribution in [2.45, 2.75) is 31.2 Å². The minimum atomic E-state index is -0.585. The third-order valence-electron chi connectivity index (χ3n) is 4.89. The number of aliphatic hydroxyl groups excluding tert-OH is 1. The number of carbonyl (C=O) groups is 2. The molecule has 3 aliphatic heterocycles. The van der Waals surface area contributed by atoms with Crippen molar-refractivity contribution in [1.82, 2.24) is 14.7 Å². The van der Waals surface area contributed by atoms with E-state index in [1.54, 1.807) is 21.1 Å². The number of thiophene rings is 1. The SMILES string of the molecule is O=C1[C@@H]2C[C@@H](O)CN2C(=O)[C@H]2CN(Cc3ccc(Cl)s3)CCN12. The predicted molar refractivity (Wildman–Crippen MR) is 86.2 cm³/mol. The minimum Gasteiger partial charge on any atom is -0.391 e. The van der Waals surface area contributed by atoms with Gasteiger partial charge in [-0.3, -0.25) is 14.5 Å². The first kappa shape index (κ1) is 15.4. The topological polar surface area (TPSA) is 64.1 Å². The van der Waals surface area contributed by atoms with E-state index in [-0.39, 0.29) is 18.4 Å². The molecule has 0 bridgehead atoms. The Morgan fingerprint density at radius 2 is 1.91 bits per heavy atom. The average Bonchev–Trinajstić information content (AvgIpc) is 3.11. The second-order valence-electron chi connectivity index (χ2n) is 6.38. The number of nitrogens with zero attached hydrogens (tertiary/aromatic N) is 3. The fraction of sp³-hybridized carbons (Fsp3) is 0.600. The third-order valence-corrected chi connectivity index (χ3v) is 6.10. The van der Waals surface area contributed by atoms with Gasteiger partial charge in [-0.05, 0) is 12.1 Å². The van der Waals surface area contributed by atoms with Crippen LogP contribution in [0.25, 0.3) is 0 Å². The Morgan fingerprint density at radius 3 is 2.65 bits per heavy atom. The molecule has 6 nitrogen and oxygen atoms in total. The minimum absolute atomic E-state index is 0.00929. The number of rotatable bonds is 2. The van der Waals surface area contributed by atoms with Crippen molar-refractivity contribution in [3.8, 4) is 0 Å². The molecular weight excluding hydrogens is 338 g/mol. The van der Waals surface area contributed by atoms with Crippen molar-refractivity contribution in [2.75, 3.05) is 26.2 Å². The summed E-state index contributed by atoms with van der Waals surface area (Å²) in [5.41, 5.74) is 0. The molecule has 23 heavy (non-hydrogen) atoms. The van der Waals surface area contributed by atoms with Crippen LogP contribution in [-0.2, 0) is 16.1 Å². The predicted octanol–water partition coefficient (Wildman–Crippen LogP) is 0.390. The quantitative estimate of drug-likeness (QED) is 0.833. The number of hydrogen-bond acceptors (Lipinski definition) is 5. The lowest BCUT2D eigenvalue weighted by Crippen LogP contribution is -2.68. The molecule has 1 aromatic rings. The molecule has 3 atom stereocenters. The van der Waals surface area contributed by atoms with Crippen molar-refractivity contribution < 1.29 is 14.7 Å². The first-order valence-corrected chi connectivity index (χ1v) is 8.98. The molecule has 4 rings (SSSR count). The van der Waals surface area contributed by atoms with E-state index in [9.17, 15) is 14.7 Å². The Hall–Kier alpha value is -1.15. The van der Waals surface area contributed by atoms with Crippen molar-refractivity contribution >= 4 is 34.8 Å². The molecule has 4 heterocycles. The van der Waals surface area contributed by atoms with Gasteiger partial charge >= 0.3 is 0 Å². The Labute approximate surface area is 143 Å². The van der Waals surface area contributed by atoms with E-state index in [1.165, 1.54) is 0 Å². The van der Waals surface area contributed by atoms with Crippen LogP contribution in [0, 0.1) is 0 Å². The average molecular weight is 356 g/mol. The summed E-state index contributed by atoms with van der Waals surface area (Å²) in [6.07, 6.45) is -0.218. The van der Waals surface area contributed by atoms with Crippen LogP contribution in [0.2, 0.25) is 4.34 Å². The van der Waals surface area contributed by atoms with E-state index < -0.39 is 18.2 Å². The van der Waals surface area contributed by atoms with E-state index in [2.05, 4.69) is 4.90 Å². The molecule has 8 heteroatoms. The second-order valence-corrected chi connectivity index (χ2v) is 8.18. The fourth-order valence-corrected chi connectivity index (χ4v) is 4.92. The van der Waals surface area contributed by atoms with Gasteiger partial charge in [-0.1, -0.05) is 11.6 Å². The molecular formula is C15H18ClN3O3S. The van der Waals surface area contributed by atoms with E-state index in [4.69, 9.17) is 11.6 Å². The maximum Gasteiger partial charge on any atom is 0.247 e. The van der Waals surface area contributed by atoms with E-state index >= 15 is 0 Å². The zero-order valence-electron chi connectivity index (χ0n) is 12.5. The number of hydrogen-bond donors (Lipinski definition) is 1. The van der Waals surface area contributed by atoms with Crippen molar-refractivity contribution in [3.63, 3.8) is 0 Å². The number of aliphatic hydroxyl groups is 1. The Morgan fingerprint density at radius 1 is 1.13 bits per heavy atom. The molecule has 0 saturated carbocycles. The third kappa shape index (κ3) is 2.65. The highest BCUT2D eigenvalue weighted by Gasteiger charge is 2.51. The fourth-order valence-electron chi connectivity index (χ4n) is 3.79. The summed E-state index contributed by atoms with van der Waals surface area (Å²) in [7, 11) is 0. The lowest BCUT2D eigenvalue weighted by molar-refractivity contribution is -0.163. The zero-order valence-corrected chi connectivity index (χ0v) is 14.1. The van der Waals surface area contributed by atoms with Gasteiger partial charge in [0.05, 0.1) is 10.4 Å². The lowest BCUT2D eigenvalue weighted by Gasteiger charge is -2.47.